The summed E-state index contributed by atoms with van der Waals surface area (Å²) in [5.74, 6) is -0.829. The molecule has 24 heavy (non-hydrogen) atoms. The van der Waals surface area contributed by atoms with Crippen molar-refractivity contribution < 1.29 is 28.3 Å². The van der Waals surface area contributed by atoms with Gasteiger partial charge in [-0.25, -0.2) is 9.59 Å². The Labute approximate surface area is 136 Å². The van der Waals surface area contributed by atoms with Gasteiger partial charge in [0, 0.05) is 24.5 Å². The van der Waals surface area contributed by atoms with Crippen molar-refractivity contribution in [1.29, 1.82) is 0 Å². The van der Waals surface area contributed by atoms with Crippen LogP contribution >= 0.6 is 0 Å². The Morgan fingerprint density at radius 3 is 2.88 bits per heavy atom. The molecule has 8 heteroatoms. The van der Waals surface area contributed by atoms with Gasteiger partial charge in [-0.1, -0.05) is 0 Å². The van der Waals surface area contributed by atoms with Crippen molar-refractivity contribution in [3.63, 3.8) is 0 Å². The molecule has 0 bridgehead atoms. The molecule has 1 aliphatic heterocycles. The SMILES string of the molecule is COc1ccc2cc(C(=O)ON3COCCCC3=O)c(=O)oc2c1. The van der Waals surface area contributed by atoms with Crippen LogP contribution in [0.1, 0.15) is 23.2 Å². The molecule has 0 saturated carbocycles. The van der Waals surface area contributed by atoms with E-state index < -0.39 is 11.6 Å². The summed E-state index contributed by atoms with van der Waals surface area (Å²) in [5, 5.41) is 1.34. The number of carbonyl (C=O) groups excluding carboxylic acids is 2. The number of hydroxylamine groups is 2. The molecular formula is C16H15NO7. The molecule has 2 aromatic rings. The predicted octanol–water partition coefficient (Wildman–Crippen LogP) is 1.47. The summed E-state index contributed by atoms with van der Waals surface area (Å²) in [6.45, 7) is 0.237. The number of carbonyl (C=O) groups is 2. The largest absolute Gasteiger partial charge is 0.497 e. The molecule has 0 N–H and O–H groups in total. The fourth-order valence-electron chi connectivity index (χ4n) is 2.26. The van der Waals surface area contributed by atoms with E-state index in [-0.39, 0.29) is 30.2 Å². The minimum absolute atomic E-state index is 0.166. The quantitative estimate of drug-likeness (QED) is 0.785. The highest BCUT2D eigenvalue weighted by Gasteiger charge is 2.24. The lowest BCUT2D eigenvalue weighted by molar-refractivity contribution is -0.183. The lowest BCUT2D eigenvalue weighted by atomic mass is 10.2. The molecule has 2 heterocycles. The lowest BCUT2D eigenvalue weighted by Gasteiger charge is -2.17. The van der Waals surface area contributed by atoms with Crippen molar-refractivity contribution in [2.24, 2.45) is 0 Å². The summed E-state index contributed by atoms with van der Waals surface area (Å²) in [6, 6.07) is 6.21. The molecule has 1 fully saturated rings. The Morgan fingerprint density at radius 1 is 1.25 bits per heavy atom. The number of ether oxygens (including phenoxy) is 2. The third-order valence-corrected chi connectivity index (χ3v) is 3.52. The molecule has 0 unspecified atom stereocenters. The molecule has 0 atom stereocenters. The minimum Gasteiger partial charge on any atom is -0.497 e. The number of nitrogens with zero attached hydrogens (tertiary/aromatic N) is 1. The van der Waals surface area contributed by atoms with Crippen LogP contribution < -0.4 is 10.4 Å². The average Bonchev–Trinajstić information content (AvgIpc) is 2.78. The smallest absolute Gasteiger partial charge is 0.370 e. The monoisotopic (exact) mass is 333 g/mol. The van der Waals surface area contributed by atoms with Crippen LogP contribution in [0.3, 0.4) is 0 Å². The third-order valence-electron chi connectivity index (χ3n) is 3.52. The fraction of sp³-hybridized carbons (Fsp3) is 0.312. The van der Waals surface area contributed by atoms with E-state index >= 15 is 0 Å². The highest BCUT2D eigenvalue weighted by atomic mass is 16.7. The molecule has 0 spiro atoms. The zero-order valence-electron chi connectivity index (χ0n) is 12.9. The number of methoxy groups -OCH3 is 1. The first-order valence-electron chi connectivity index (χ1n) is 7.31. The standard InChI is InChI=1S/C16H15NO7/c1-21-11-5-4-10-7-12(15(19)23-13(10)8-11)16(20)24-17-9-22-6-2-3-14(17)18/h4-5,7-8H,2-3,6,9H2,1H3. The van der Waals surface area contributed by atoms with Gasteiger partial charge in [-0.3, -0.25) is 4.79 Å². The molecule has 1 saturated heterocycles. The molecule has 8 nitrogen and oxygen atoms in total. The van der Waals surface area contributed by atoms with Gasteiger partial charge in [-0.2, -0.15) is 0 Å². The molecule has 1 aromatic heterocycles. The normalized spacial score (nSPS) is 15.2. The number of hydrogen-bond donors (Lipinski definition) is 0. The van der Waals surface area contributed by atoms with Crippen LogP contribution in [0.25, 0.3) is 11.0 Å². The molecule has 1 aliphatic rings. The van der Waals surface area contributed by atoms with Crippen LogP contribution in [-0.4, -0.2) is 37.4 Å². The van der Waals surface area contributed by atoms with E-state index in [2.05, 4.69) is 0 Å². The van der Waals surface area contributed by atoms with Crippen molar-refractivity contribution in [2.75, 3.05) is 20.4 Å². The zero-order valence-corrected chi connectivity index (χ0v) is 12.9. The maximum atomic E-state index is 12.2. The van der Waals surface area contributed by atoms with Crippen LogP contribution in [0.2, 0.25) is 0 Å². The van der Waals surface area contributed by atoms with Crippen molar-refractivity contribution in [2.45, 2.75) is 12.8 Å². The van der Waals surface area contributed by atoms with Crippen LogP contribution in [0.5, 0.6) is 5.75 Å². The third kappa shape index (κ3) is 3.23. The Balaban J connectivity index is 1.87. The minimum atomic E-state index is -0.972. The second-order valence-corrected chi connectivity index (χ2v) is 5.14. The van der Waals surface area contributed by atoms with Gasteiger partial charge >= 0.3 is 11.6 Å². The summed E-state index contributed by atoms with van der Waals surface area (Å²) in [7, 11) is 1.49. The van der Waals surface area contributed by atoms with Gasteiger partial charge in [0.25, 0.3) is 5.91 Å². The van der Waals surface area contributed by atoms with E-state index in [1.54, 1.807) is 12.1 Å². The second kappa shape index (κ2) is 6.71. The molecule has 0 aliphatic carbocycles. The summed E-state index contributed by atoms with van der Waals surface area (Å²) < 4.78 is 15.3. The van der Waals surface area contributed by atoms with Gasteiger partial charge in [0.15, 0.2) is 6.73 Å². The first kappa shape index (κ1) is 16.0. The van der Waals surface area contributed by atoms with Crippen LogP contribution in [-0.2, 0) is 14.4 Å². The highest BCUT2D eigenvalue weighted by molar-refractivity contribution is 5.93. The number of fused-ring (bicyclic) bond motifs is 1. The summed E-state index contributed by atoms with van der Waals surface area (Å²) >= 11 is 0. The Morgan fingerprint density at radius 2 is 2.08 bits per heavy atom. The highest BCUT2D eigenvalue weighted by Crippen LogP contribution is 2.20. The molecular weight excluding hydrogens is 318 g/mol. The summed E-state index contributed by atoms with van der Waals surface area (Å²) in [4.78, 5) is 41.0. The maximum absolute atomic E-state index is 12.2. The number of benzene rings is 1. The van der Waals surface area contributed by atoms with E-state index in [1.165, 1.54) is 19.2 Å². The maximum Gasteiger partial charge on any atom is 0.370 e. The molecule has 1 amide bonds. The van der Waals surface area contributed by atoms with Crippen molar-refractivity contribution in [3.05, 3.63) is 40.2 Å². The van der Waals surface area contributed by atoms with Gasteiger partial charge in [-0.15, -0.1) is 5.06 Å². The van der Waals surface area contributed by atoms with E-state index in [9.17, 15) is 14.4 Å². The first-order chi connectivity index (χ1) is 11.6. The molecule has 3 rings (SSSR count). The van der Waals surface area contributed by atoms with Crippen LogP contribution in [0.4, 0.5) is 0 Å². The Bertz CT molecular complexity index is 842. The van der Waals surface area contributed by atoms with Gasteiger partial charge < -0.3 is 18.7 Å². The second-order valence-electron chi connectivity index (χ2n) is 5.14. The number of rotatable bonds is 3. The van der Waals surface area contributed by atoms with Crippen molar-refractivity contribution in [1.82, 2.24) is 5.06 Å². The first-order valence-corrected chi connectivity index (χ1v) is 7.31. The van der Waals surface area contributed by atoms with Crippen molar-refractivity contribution in [3.8, 4) is 5.75 Å². The Hall–Kier alpha value is -2.87. The van der Waals surface area contributed by atoms with E-state index in [0.717, 1.165) is 5.06 Å². The van der Waals surface area contributed by atoms with Gasteiger partial charge in [0.05, 0.1) is 7.11 Å². The van der Waals surface area contributed by atoms with E-state index in [4.69, 9.17) is 18.7 Å². The van der Waals surface area contributed by atoms with Gasteiger partial charge in [0.2, 0.25) is 0 Å². The predicted molar refractivity (Wildman–Crippen MR) is 81.4 cm³/mol. The lowest BCUT2D eigenvalue weighted by Crippen LogP contribution is -2.35. The molecule has 1 aromatic carbocycles. The topological polar surface area (TPSA) is 95.3 Å². The Kier molecular flexibility index (Phi) is 4.48. The zero-order chi connectivity index (χ0) is 17.1. The number of amides is 1. The van der Waals surface area contributed by atoms with Crippen LogP contribution in [0.15, 0.2) is 33.5 Å². The van der Waals surface area contributed by atoms with Crippen molar-refractivity contribution >= 4 is 22.8 Å². The van der Waals surface area contributed by atoms with Gasteiger partial charge in [-0.05, 0) is 24.6 Å². The van der Waals surface area contributed by atoms with Crippen LogP contribution in [0, 0.1) is 0 Å². The molecule has 126 valence electrons. The summed E-state index contributed by atoms with van der Waals surface area (Å²) in [5.41, 5.74) is -0.876. The molecule has 0 radical (unpaired) electrons. The van der Waals surface area contributed by atoms with Gasteiger partial charge in [0.1, 0.15) is 16.9 Å². The summed E-state index contributed by atoms with van der Waals surface area (Å²) in [6.07, 6.45) is 0.756. The van der Waals surface area contributed by atoms with E-state index in [0.29, 0.717) is 24.2 Å². The average molecular weight is 333 g/mol. The van der Waals surface area contributed by atoms with E-state index in [1.807, 2.05) is 0 Å². The fourth-order valence-corrected chi connectivity index (χ4v) is 2.26. The number of hydrogen-bond acceptors (Lipinski definition) is 7.